The first-order valence-corrected chi connectivity index (χ1v) is 9.65. The van der Waals surface area contributed by atoms with Crippen LogP contribution in [0.2, 0.25) is 0 Å². The minimum Gasteiger partial charge on any atom is -0.379 e. The highest BCUT2D eigenvalue weighted by Gasteiger charge is 2.24. The summed E-state index contributed by atoms with van der Waals surface area (Å²) in [7, 11) is -3.22. The molecule has 2 aliphatic rings. The summed E-state index contributed by atoms with van der Waals surface area (Å²) in [6, 6.07) is 7.70. The van der Waals surface area contributed by atoms with E-state index >= 15 is 0 Å². The zero-order valence-electron chi connectivity index (χ0n) is 12.8. The van der Waals surface area contributed by atoms with Gasteiger partial charge in [-0.05, 0) is 30.0 Å². The van der Waals surface area contributed by atoms with Crippen molar-refractivity contribution in [1.29, 1.82) is 0 Å². The van der Waals surface area contributed by atoms with Crippen molar-refractivity contribution in [2.75, 3.05) is 36.8 Å². The quantitative estimate of drug-likeness (QED) is 0.834. The molecule has 0 spiro atoms. The van der Waals surface area contributed by atoms with Crippen LogP contribution in [0.4, 0.5) is 5.69 Å². The number of nitrogens with one attached hydrogen (secondary N) is 1. The molecule has 1 saturated heterocycles. The average molecular weight is 324 g/mol. The van der Waals surface area contributed by atoms with Gasteiger partial charge < -0.3 is 4.74 Å². The lowest BCUT2D eigenvalue weighted by Gasteiger charge is -2.26. The van der Waals surface area contributed by atoms with Crippen LogP contribution in [0, 0.1) is 5.92 Å². The van der Waals surface area contributed by atoms with Gasteiger partial charge in [-0.15, -0.1) is 0 Å². The molecule has 0 radical (unpaired) electrons. The van der Waals surface area contributed by atoms with E-state index in [0.717, 1.165) is 44.8 Å². The van der Waals surface area contributed by atoms with Crippen LogP contribution in [-0.2, 0) is 21.3 Å². The average Bonchev–Trinajstić information content (AvgIpc) is 3.30. The summed E-state index contributed by atoms with van der Waals surface area (Å²) in [5.41, 5.74) is 1.80. The number of sulfonamides is 1. The highest BCUT2D eigenvalue weighted by atomic mass is 32.2. The number of ether oxygens (including phenoxy) is 1. The molecule has 1 aromatic carbocycles. The van der Waals surface area contributed by atoms with E-state index < -0.39 is 10.0 Å². The van der Waals surface area contributed by atoms with E-state index in [-0.39, 0.29) is 5.75 Å². The molecule has 0 amide bonds. The van der Waals surface area contributed by atoms with Gasteiger partial charge in [0.25, 0.3) is 0 Å². The Kier molecular flexibility index (Phi) is 5.00. The Hall–Kier alpha value is -1.11. The van der Waals surface area contributed by atoms with E-state index in [1.54, 1.807) is 0 Å². The minimum absolute atomic E-state index is 0.228. The molecular formula is C16H24N2O3S. The van der Waals surface area contributed by atoms with Crippen LogP contribution < -0.4 is 4.72 Å². The van der Waals surface area contributed by atoms with Crippen LogP contribution in [-0.4, -0.2) is 45.4 Å². The summed E-state index contributed by atoms with van der Waals surface area (Å²) in [6.07, 6.45) is 3.15. The first-order valence-electron chi connectivity index (χ1n) is 8.00. The third-order valence-electron chi connectivity index (χ3n) is 4.20. The lowest BCUT2D eigenvalue weighted by atomic mass is 10.2. The second kappa shape index (κ2) is 6.98. The van der Waals surface area contributed by atoms with Crippen molar-refractivity contribution < 1.29 is 13.2 Å². The number of nitrogens with zero attached hydrogens (tertiary/aromatic N) is 1. The van der Waals surface area contributed by atoms with Crippen LogP contribution in [0.25, 0.3) is 0 Å². The monoisotopic (exact) mass is 324 g/mol. The number of rotatable bonds is 7. The fraction of sp³-hybridized carbons (Fsp3) is 0.625. The molecule has 1 saturated carbocycles. The highest BCUT2D eigenvalue weighted by Crippen LogP contribution is 2.32. The topological polar surface area (TPSA) is 58.6 Å². The highest BCUT2D eigenvalue weighted by molar-refractivity contribution is 7.92. The predicted octanol–water partition coefficient (Wildman–Crippen LogP) is 2.06. The maximum Gasteiger partial charge on any atom is 0.232 e. The number of morpholine rings is 1. The number of benzene rings is 1. The predicted molar refractivity (Wildman–Crippen MR) is 87.3 cm³/mol. The van der Waals surface area contributed by atoms with Gasteiger partial charge in [0.2, 0.25) is 10.0 Å². The third-order valence-corrected chi connectivity index (χ3v) is 5.52. The molecule has 1 aliphatic carbocycles. The molecule has 5 nitrogen and oxygen atoms in total. The van der Waals surface area contributed by atoms with Crippen molar-refractivity contribution in [1.82, 2.24) is 4.90 Å². The largest absolute Gasteiger partial charge is 0.379 e. The molecular weight excluding hydrogens is 300 g/mol. The normalized spacial score (nSPS) is 20.0. The summed E-state index contributed by atoms with van der Waals surface area (Å²) >= 11 is 0. The van der Waals surface area contributed by atoms with E-state index in [0.29, 0.717) is 11.6 Å². The van der Waals surface area contributed by atoms with Gasteiger partial charge in [-0.2, -0.15) is 0 Å². The van der Waals surface area contributed by atoms with Crippen LogP contribution in [0.5, 0.6) is 0 Å². The van der Waals surface area contributed by atoms with Gasteiger partial charge in [-0.25, -0.2) is 8.42 Å². The third kappa shape index (κ3) is 4.97. The molecule has 22 heavy (non-hydrogen) atoms. The van der Waals surface area contributed by atoms with Gasteiger partial charge in [0.1, 0.15) is 0 Å². The molecule has 0 aromatic heterocycles. The number of anilines is 1. The fourth-order valence-electron chi connectivity index (χ4n) is 2.71. The van der Waals surface area contributed by atoms with Crippen molar-refractivity contribution >= 4 is 15.7 Å². The minimum atomic E-state index is -3.22. The summed E-state index contributed by atoms with van der Waals surface area (Å²) in [5.74, 6) is 0.856. The molecule has 0 unspecified atom stereocenters. The van der Waals surface area contributed by atoms with Crippen molar-refractivity contribution in [2.45, 2.75) is 25.8 Å². The van der Waals surface area contributed by atoms with Crippen LogP contribution >= 0.6 is 0 Å². The second-order valence-corrected chi connectivity index (χ2v) is 8.08. The molecule has 6 heteroatoms. The Morgan fingerprint density at radius 1 is 1.23 bits per heavy atom. The van der Waals surface area contributed by atoms with E-state index in [9.17, 15) is 8.42 Å². The van der Waals surface area contributed by atoms with Crippen LogP contribution in [0.1, 0.15) is 24.8 Å². The maximum atomic E-state index is 12.1. The molecule has 3 rings (SSSR count). The second-order valence-electron chi connectivity index (χ2n) is 6.24. The Morgan fingerprint density at radius 3 is 2.73 bits per heavy atom. The molecule has 1 N–H and O–H groups in total. The maximum absolute atomic E-state index is 12.1. The van der Waals surface area contributed by atoms with Gasteiger partial charge in [-0.1, -0.05) is 25.0 Å². The van der Waals surface area contributed by atoms with Gasteiger partial charge in [-0.3, -0.25) is 9.62 Å². The van der Waals surface area contributed by atoms with E-state index in [1.165, 1.54) is 12.8 Å². The standard InChI is InChI=1S/C16H24N2O3S/c19-22(20,11-6-14-4-5-14)17-16-3-1-2-15(12-16)13-18-7-9-21-10-8-18/h1-3,12,14,17H,4-11,13H2. The zero-order chi connectivity index (χ0) is 15.4. The summed E-state index contributed by atoms with van der Waals surface area (Å²) in [5, 5.41) is 0. The van der Waals surface area contributed by atoms with Crippen molar-refractivity contribution in [3.8, 4) is 0 Å². The van der Waals surface area contributed by atoms with Crippen molar-refractivity contribution in [3.05, 3.63) is 29.8 Å². The zero-order valence-corrected chi connectivity index (χ0v) is 13.6. The number of hydrogen-bond donors (Lipinski definition) is 1. The molecule has 2 fully saturated rings. The first kappa shape index (κ1) is 15.8. The Balaban J connectivity index is 1.57. The number of hydrogen-bond acceptors (Lipinski definition) is 4. The molecule has 1 aromatic rings. The van der Waals surface area contributed by atoms with Crippen molar-refractivity contribution in [3.63, 3.8) is 0 Å². The first-order chi connectivity index (χ1) is 10.6. The van der Waals surface area contributed by atoms with Crippen molar-refractivity contribution in [2.24, 2.45) is 5.92 Å². The molecule has 1 aliphatic heterocycles. The van der Waals surface area contributed by atoms with Crippen LogP contribution in [0.15, 0.2) is 24.3 Å². The van der Waals surface area contributed by atoms with E-state index in [2.05, 4.69) is 9.62 Å². The molecule has 0 atom stereocenters. The lowest BCUT2D eigenvalue weighted by Crippen LogP contribution is -2.35. The molecule has 122 valence electrons. The summed E-state index contributed by atoms with van der Waals surface area (Å²) in [6.45, 7) is 4.23. The fourth-order valence-corrected chi connectivity index (χ4v) is 3.94. The smallest absolute Gasteiger partial charge is 0.232 e. The van der Waals surface area contributed by atoms with Gasteiger partial charge in [0.15, 0.2) is 0 Å². The summed E-state index contributed by atoms with van der Waals surface area (Å²) < 4.78 is 32.2. The van der Waals surface area contributed by atoms with Crippen LogP contribution in [0.3, 0.4) is 0 Å². The Bertz CT molecular complexity index is 593. The lowest BCUT2D eigenvalue weighted by molar-refractivity contribution is 0.0342. The SMILES string of the molecule is O=S(=O)(CCC1CC1)Nc1cccc(CN2CCOCC2)c1. The van der Waals surface area contributed by atoms with Gasteiger partial charge >= 0.3 is 0 Å². The summed E-state index contributed by atoms with van der Waals surface area (Å²) in [4.78, 5) is 2.32. The van der Waals surface area contributed by atoms with E-state index in [1.807, 2.05) is 24.3 Å². The molecule has 0 bridgehead atoms. The Labute approximate surface area is 132 Å². The molecule has 1 heterocycles. The van der Waals surface area contributed by atoms with Gasteiger partial charge in [0.05, 0.1) is 19.0 Å². The Morgan fingerprint density at radius 2 is 2.00 bits per heavy atom. The van der Waals surface area contributed by atoms with E-state index in [4.69, 9.17) is 4.74 Å². The van der Waals surface area contributed by atoms with Gasteiger partial charge in [0, 0.05) is 25.3 Å².